The van der Waals surface area contributed by atoms with E-state index in [4.69, 9.17) is 10.8 Å². The van der Waals surface area contributed by atoms with Crippen molar-refractivity contribution < 1.29 is 14.7 Å². The van der Waals surface area contributed by atoms with Gasteiger partial charge in [0.15, 0.2) is 0 Å². The number of carboxylic acid groups (broad SMARTS) is 1. The van der Waals surface area contributed by atoms with Gasteiger partial charge in [0.2, 0.25) is 0 Å². The van der Waals surface area contributed by atoms with Crippen molar-refractivity contribution in [3.63, 3.8) is 0 Å². The largest absolute Gasteiger partial charge is 0.481 e. The topological polar surface area (TPSA) is 96.5 Å². The molecule has 1 aromatic heterocycles. The lowest BCUT2D eigenvalue weighted by Crippen LogP contribution is -2.42. The van der Waals surface area contributed by atoms with Crippen molar-refractivity contribution in [1.29, 1.82) is 0 Å². The molecule has 3 N–H and O–H groups in total. The number of rotatable bonds is 3. The van der Waals surface area contributed by atoms with Crippen LogP contribution in [0.15, 0.2) is 5.38 Å². The zero-order valence-corrected chi connectivity index (χ0v) is 10.7. The molecule has 0 saturated carbocycles. The van der Waals surface area contributed by atoms with Crippen molar-refractivity contribution in [3.05, 3.63) is 16.1 Å². The smallest absolute Gasteiger partial charge is 0.308 e. The van der Waals surface area contributed by atoms with Gasteiger partial charge in [0, 0.05) is 25.0 Å². The van der Waals surface area contributed by atoms with Crippen LogP contribution in [-0.2, 0) is 11.3 Å². The van der Waals surface area contributed by atoms with Crippen molar-refractivity contribution >= 4 is 23.2 Å². The van der Waals surface area contributed by atoms with E-state index >= 15 is 0 Å². The second kappa shape index (κ2) is 5.45. The number of nitrogens with two attached hydrogens (primary N) is 1. The number of hydrogen-bond acceptors (Lipinski definition) is 5. The molecular weight excluding hydrogens is 254 g/mol. The molecule has 1 aliphatic rings. The van der Waals surface area contributed by atoms with E-state index in [1.54, 1.807) is 10.3 Å². The van der Waals surface area contributed by atoms with Crippen LogP contribution in [-0.4, -0.2) is 40.0 Å². The molecule has 2 heterocycles. The number of nitrogens with zero attached hydrogens (tertiary/aromatic N) is 2. The van der Waals surface area contributed by atoms with Crippen molar-refractivity contribution in [2.75, 3.05) is 13.1 Å². The Morgan fingerprint density at radius 2 is 2.39 bits per heavy atom. The second-order valence-corrected chi connectivity index (χ2v) is 5.20. The molecular formula is C11H15N3O3S. The third-order valence-electron chi connectivity index (χ3n) is 3.00. The number of carbonyl (C=O) groups excluding carboxylic acids is 1. The summed E-state index contributed by atoms with van der Waals surface area (Å²) in [6, 6.07) is 0. The third-order valence-corrected chi connectivity index (χ3v) is 3.87. The summed E-state index contributed by atoms with van der Waals surface area (Å²) in [4.78, 5) is 28.8. The number of hydrogen-bond donors (Lipinski definition) is 2. The predicted molar refractivity (Wildman–Crippen MR) is 66.3 cm³/mol. The summed E-state index contributed by atoms with van der Waals surface area (Å²) in [5, 5.41) is 11.4. The molecule has 1 unspecified atom stereocenters. The highest BCUT2D eigenvalue weighted by Gasteiger charge is 2.29. The maximum Gasteiger partial charge on any atom is 0.308 e. The van der Waals surface area contributed by atoms with Gasteiger partial charge in [-0.1, -0.05) is 0 Å². The summed E-state index contributed by atoms with van der Waals surface area (Å²) in [6.45, 7) is 1.18. The highest BCUT2D eigenvalue weighted by Crippen LogP contribution is 2.19. The fraction of sp³-hybridized carbons (Fsp3) is 0.545. The minimum absolute atomic E-state index is 0.197. The molecule has 0 bridgehead atoms. The number of carboxylic acids is 1. The Morgan fingerprint density at radius 1 is 1.61 bits per heavy atom. The zero-order chi connectivity index (χ0) is 13.1. The standard InChI is InChI=1S/C11H15N3O3S/c12-4-9-13-8(6-18-9)10(15)14-3-1-2-7(5-14)11(16)17/h6-7H,1-5,12H2,(H,16,17). The number of piperidine rings is 1. The lowest BCUT2D eigenvalue weighted by molar-refractivity contribution is -0.143. The van der Waals surface area contributed by atoms with Crippen molar-refractivity contribution in [1.82, 2.24) is 9.88 Å². The van der Waals surface area contributed by atoms with Crippen LogP contribution >= 0.6 is 11.3 Å². The number of amides is 1. The minimum atomic E-state index is -0.839. The van der Waals surface area contributed by atoms with E-state index < -0.39 is 11.9 Å². The van der Waals surface area contributed by atoms with Gasteiger partial charge in [0.1, 0.15) is 10.7 Å². The van der Waals surface area contributed by atoms with Crippen LogP contribution in [0.1, 0.15) is 28.3 Å². The van der Waals surface area contributed by atoms with Gasteiger partial charge >= 0.3 is 5.97 Å². The minimum Gasteiger partial charge on any atom is -0.481 e. The molecule has 0 aliphatic carbocycles. The van der Waals surface area contributed by atoms with Crippen molar-refractivity contribution in [2.24, 2.45) is 11.7 Å². The van der Waals surface area contributed by atoms with Crippen LogP contribution in [0.25, 0.3) is 0 Å². The number of aromatic nitrogens is 1. The first kappa shape index (κ1) is 13.0. The normalized spacial score (nSPS) is 19.8. The van der Waals surface area contributed by atoms with Crippen LogP contribution in [0.4, 0.5) is 0 Å². The van der Waals surface area contributed by atoms with Gasteiger partial charge in [-0.25, -0.2) is 4.98 Å². The zero-order valence-electron chi connectivity index (χ0n) is 9.83. The number of carbonyl (C=O) groups is 2. The Bertz CT molecular complexity index is 460. The molecule has 18 heavy (non-hydrogen) atoms. The maximum absolute atomic E-state index is 12.1. The monoisotopic (exact) mass is 269 g/mol. The lowest BCUT2D eigenvalue weighted by atomic mass is 9.98. The van der Waals surface area contributed by atoms with Gasteiger partial charge in [-0.05, 0) is 12.8 Å². The number of aliphatic carboxylic acids is 1. The van der Waals surface area contributed by atoms with Crippen molar-refractivity contribution in [3.8, 4) is 0 Å². The van der Waals surface area contributed by atoms with E-state index in [-0.39, 0.29) is 12.5 Å². The fourth-order valence-electron chi connectivity index (χ4n) is 2.03. The van der Waals surface area contributed by atoms with Gasteiger partial charge < -0.3 is 15.7 Å². The molecule has 98 valence electrons. The van der Waals surface area contributed by atoms with E-state index in [1.165, 1.54) is 11.3 Å². The van der Waals surface area contributed by atoms with Crippen LogP contribution < -0.4 is 5.73 Å². The molecule has 1 amide bonds. The third kappa shape index (κ3) is 2.68. The SMILES string of the molecule is NCc1nc(C(=O)N2CCCC(C(=O)O)C2)cs1. The first-order valence-electron chi connectivity index (χ1n) is 5.78. The summed E-state index contributed by atoms with van der Waals surface area (Å²) >= 11 is 1.35. The Kier molecular flexibility index (Phi) is 3.93. The lowest BCUT2D eigenvalue weighted by Gasteiger charge is -2.30. The molecule has 1 aliphatic heterocycles. The van der Waals surface area contributed by atoms with Crippen LogP contribution in [0, 0.1) is 5.92 Å². The molecule has 2 rings (SSSR count). The summed E-state index contributed by atoms with van der Waals surface area (Å²) in [5.74, 6) is -1.50. The molecule has 1 fully saturated rings. The number of thiazole rings is 1. The van der Waals surface area contributed by atoms with E-state index in [0.29, 0.717) is 30.2 Å². The fourth-order valence-corrected chi connectivity index (χ4v) is 2.68. The second-order valence-electron chi connectivity index (χ2n) is 4.26. The van der Waals surface area contributed by atoms with Crippen LogP contribution in [0.2, 0.25) is 0 Å². The average molecular weight is 269 g/mol. The van der Waals surface area contributed by atoms with Gasteiger partial charge in [-0.15, -0.1) is 11.3 Å². The molecule has 7 heteroatoms. The Balaban J connectivity index is 2.06. The van der Waals surface area contributed by atoms with Crippen molar-refractivity contribution in [2.45, 2.75) is 19.4 Å². The van der Waals surface area contributed by atoms with E-state index in [0.717, 1.165) is 6.42 Å². The summed E-state index contributed by atoms with van der Waals surface area (Å²) in [5.41, 5.74) is 5.82. The maximum atomic E-state index is 12.1. The first-order chi connectivity index (χ1) is 8.61. The van der Waals surface area contributed by atoms with E-state index in [1.807, 2.05) is 0 Å². The van der Waals surface area contributed by atoms with Gasteiger partial charge in [0.05, 0.1) is 5.92 Å². The summed E-state index contributed by atoms with van der Waals surface area (Å²) in [6.07, 6.45) is 1.35. The molecule has 6 nitrogen and oxygen atoms in total. The van der Waals surface area contributed by atoms with Gasteiger partial charge in [-0.3, -0.25) is 9.59 Å². The van der Waals surface area contributed by atoms with E-state index in [9.17, 15) is 9.59 Å². The average Bonchev–Trinajstić information content (AvgIpc) is 2.86. The van der Waals surface area contributed by atoms with Gasteiger partial charge in [-0.2, -0.15) is 0 Å². The Labute approximate surface area is 108 Å². The summed E-state index contributed by atoms with van der Waals surface area (Å²) in [7, 11) is 0. The molecule has 1 atom stereocenters. The predicted octanol–water partition coefficient (Wildman–Crippen LogP) is 0.539. The highest BCUT2D eigenvalue weighted by atomic mass is 32.1. The molecule has 0 radical (unpaired) electrons. The quantitative estimate of drug-likeness (QED) is 0.834. The molecule has 1 saturated heterocycles. The Morgan fingerprint density at radius 3 is 3.00 bits per heavy atom. The summed E-state index contributed by atoms with van der Waals surface area (Å²) < 4.78 is 0. The number of likely N-dealkylation sites (tertiary alicyclic amines) is 1. The van der Waals surface area contributed by atoms with E-state index in [2.05, 4.69) is 4.98 Å². The first-order valence-corrected chi connectivity index (χ1v) is 6.66. The Hall–Kier alpha value is -1.47. The van der Waals surface area contributed by atoms with Crippen LogP contribution in [0.5, 0.6) is 0 Å². The molecule has 0 aromatic carbocycles. The molecule has 0 spiro atoms. The van der Waals surface area contributed by atoms with Crippen LogP contribution in [0.3, 0.4) is 0 Å². The highest BCUT2D eigenvalue weighted by molar-refractivity contribution is 7.09. The van der Waals surface area contributed by atoms with Gasteiger partial charge in [0.25, 0.3) is 5.91 Å². The molecule has 1 aromatic rings.